The average molecular weight is 371 g/mol. The smallest absolute Gasteiger partial charge is 0.253 e. The molecular weight excluding hydrogens is 352 g/mol. The van der Waals surface area contributed by atoms with Gasteiger partial charge in [0.15, 0.2) is 0 Å². The molecule has 1 heterocycles. The number of carbonyl (C=O) groups is 2. The van der Waals surface area contributed by atoms with Crippen molar-refractivity contribution < 1.29 is 14.3 Å². The predicted molar refractivity (Wildman–Crippen MR) is 102 cm³/mol. The van der Waals surface area contributed by atoms with Crippen molar-refractivity contribution in [1.29, 1.82) is 0 Å². The number of benzene rings is 2. The number of methoxy groups -OCH3 is 1. The molecule has 0 fully saturated rings. The summed E-state index contributed by atoms with van der Waals surface area (Å²) >= 11 is 6.03. The maximum atomic E-state index is 12.6. The van der Waals surface area contributed by atoms with Gasteiger partial charge in [0, 0.05) is 30.1 Å². The third kappa shape index (κ3) is 3.58. The molecule has 6 heteroatoms. The lowest BCUT2D eigenvalue weighted by Gasteiger charge is -2.09. The fourth-order valence-corrected chi connectivity index (χ4v) is 3.12. The molecule has 3 aromatic rings. The third-order valence-corrected chi connectivity index (χ3v) is 4.46. The van der Waals surface area contributed by atoms with Crippen LogP contribution in [0.4, 0.5) is 0 Å². The Morgan fingerprint density at radius 1 is 1.19 bits per heavy atom. The second-order valence-electron chi connectivity index (χ2n) is 5.91. The molecule has 0 saturated carbocycles. The van der Waals surface area contributed by atoms with Gasteiger partial charge in [-0.3, -0.25) is 14.2 Å². The second kappa shape index (κ2) is 7.62. The van der Waals surface area contributed by atoms with Crippen LogP contribution in [0.1, 0.15) is 27.6 Å². The minimum atomic E-state index is -0.229. The maximum absolute atomic E-state index is 12.6. The van der Waals surface area contributed by atoms with Crippen molar-refractivity contribution in [3.8, 4) is 5.75 Å². The van der Waals surface area contributed by atoms with Crippen LogP contribution in [0.25, 0.3) is 10.9 Å². The van der Waals surface area contributed by atoms with Crippen LogP contribution in [-0.2, 0) is 6.42 Å². The fourth-order valence-electron chi connectivity index (χ4n) is 2.96. The zero-order chi connectivity index (χ0) is 18.7. The molecular formula is C20H19ClN2O3. The first-order valence-electron chi connectivity index (χ1n) is 8.23. The predicted octanol–water partition coefficient (Wildman–Crippen LogP) is 3.94. The highest BCUT2D eigenvalue weighted by Gasteiger charge is 2.17. The summed E-state index contributed by atoms with van der Waals surface area (Å²) in [6, 6.07) is 12.8. The van der Waals surface area contributed by atoms with Gasteiger partial charge in [-0.05, 0) is 30.2 Å². The van der Waals surface area contributed by atoms with Gasteiger partial charge in [0.1, 0.15) is 5.75 Å². The molecule has 0 aliphatic carbocycles. The molecule has 0 aliphatic rings. The Kier molecular flexibility index (Phi) is 5.28. The van der Waals surface area contributed by atoms with Crippen LogP contribution in [0.2, 0.25) is 5.02 Å². The Morgan fingerprint density at radius 3 is 2.69 bits per heavy atom. The van der Waals surface area contributed by atoms with Gasteiger partial charge in [0.2, 0.25) is 5.91 Å². The van der Waals surface area contributed by atoms with Crippen molar-refractivity contribution in [1.82, 2.24) is 9.88 Å². The summed E-state index contributed by atoms with van der Waals surface area (Å²) in [7, 11) is 1.62. The SMILES string of the molecule is COc1ccccc1CCNC(=O)c1cn(C(C)=O)c2cc(Cl)ccc12. The Bertz CT molecular complexity index is 978. The molecule has 0 spiro atoms. The normalized spacial score (nSPS) is 10.7. The van der Waals surface area contributed by atoms with E-state index < -0.39 is 0 Å². The lowest BCUT2D eigenvalue weighted by Crippen LogP contribution is -2.25. The summed E-state index contributed by atoms with van der Waals surface area (Å²) in [6.45, 7) is 1.91. The molecule has 1 aromatic heterocycles. The summed E-state index contributed by atoms with van der Waals surface area (Å²) in [6.07, 6.45) is 2.20. The standard InChI is InChI=1S/C20H19ClN2O3/c1-13(24)23-12-17(16-8-7-15(21)11-18(16)23)20(25)22-10-9-14-5-3-4-6-19(14)26-2/h3-8,11-12H,9-10H2,1-2H3,(H,22,25). The van der Waals surface area contributed by atoms with Crippen LogP contribution in [0.15, 0.2) is 48.7 Å². The minimum absolute atomic E-state index is 0.176. The van der Waals surface area contributed by atoms with E-state index in [9.17, 15) is 9.59 Å². The number of nitrogens with one attached hydrogen (secondary N) is 1. The van der Waals surface area contributed by atoms with E-state index in [1.807, 2.05) is 24.3 Å². The quantitative estimate of drug-likeness (QED) is 0.740. The van der Waals surface area contributed by atoms with Gasteiger partial charge in [-0.15, -0.1) is 0 Å². The number of hydrogen-bond acceptors (Lipinski definition) is 3. The number of aromatic nitrogens is 1. The molecule has 3 rings (SSSR count). The van der Waals surface area contributed by atoms with E-state index in [0.717, 1.165) is 11.3 Å². The minimum Gasteiger partial charge on any atom is -0.496 e. The molecule has 1 N–H and O–H groups in total. The zero-order valence-corrected chi connectivity index (χ0v) is 15.3. The van der Waals surface area contributed by atoms with E-state index in [2.05, 4.69) is 5.32 Å². The van der Waals surface area contributed by atoms with Gasteiger partial charge >= 0.3 is 0 Å². The Morgan fingerprint density at radius 2 is 1.96 bits per heavy atom. The molecule has 0 atom stereocenters. The van der Waals surface area contributed by atoms with Crippen molar-refractivity contribution in [3.05, 3.63) is 64.8 Å². The van der Waals surface area contributed by atoms with E-state index in [4.69, 9.17) is 16.3 Å². The largest absolute Gasteiger partial charge is 0.496 e. The number of fused-ring (bicyclic) bond motifs is 1. The molecule has 2 aromatic carbocycles. The molecule has 0 unspecified atom stereocenters. The molecule has 134 valence electrons. The molecule has 0 saturated heterocycles. The lowest BCUT2D eigenvalue weighted by atomic mass is 10.1. The van der Waals surface area contributed by atoms with Crippen molar-refractivity contribution in [2.45, 2.75) is 13.3 Å². The average Bonchev–Trinajstić information content (AvgIpc) is 3.01. The van der Waals surface area contributed by atoms with E-state index in [1.54, 1.807) is 31.5 Å². The summed E-state index contributed by atoms with van der Waals surface area (Å²) < 4.78 is 6.76. The molecule has 0 bridgehead atoms. The summed E-state index contributed by atoms with van der Waals surface area (Å²) in [4.78, 5) is 24.5. The monoisotopic (exact) mass is 370 g/mol. The third-order valence-electron chi connectivity index (χ3n) is 4.22. The number of carbonyl (C=O) groups excluding carboxylic acids is 2. The highest BCUT2D eigenvalue weighted by Crippen LogP contribution is 2.25. The first-order valence-corrected chi connectivity index (χ1v) is 8.60. The maximum Gasteiger partial charge on any atom is 0.253 e. The molecule has 0 radical (unpaired) electrons. The summed E-state index contributed by atoms with van der Waals surface area (Å²) in [5, 5.41) is 4.11. The van der Waals surface area contributed by atoms with Crippen LogP contribution >= 0.6 is 11.6 Å². The van der Waals surface area contributed by atoms with Crippen molar-refractivity contribution in [2.24, 2.45) is 0 Å². The lowest BCUT2D eigenvalue weighted by molar-refractivity contribution is 0.0941. The highest BCUT2D eigenvalue weighted by atomic mass is 35.5. The highest BCUT2D eigenvalue weighted by molar-refractivity contribution is 6.31. The Labute approximate surface area is 156 Å². The van der Waals surface area contributed by atoms with Crippen LogP contribution < -0.4 is 10.1 Å². The molecule has 26 heavy (non-hydrogen) atoms. The second-order valence-corrected chi connectivity index (χ2v) is 6.35. The summed E-state index contributed by atoms with van der Waals surface area (Å²) in [5.41, 5.74) is 2.10. The first-order chi connectivity index (χ1) is 12.5. The number of rotatable bonds is 5. The van der Waals surface area contributed by atoms with E-state index in [-0.39, 0.29) is 11.8 Å². The van der Waals surface area contributed by atoms with Crippen LogP contribution in [0.3, 0.4) is 0 Å². The van der Waals surface area contributed by atoms with E-state index in [1.165, 1.54) is 11.5 Å². The van der Waals surface area contributed by atoms with Crippen molar-refractivity contribution in [3.63, 3.8) is 0 Å². The van der Waals surface area contributed by atoms with Crippen LogP contribution in [-0.4, -0.2) is 30.0 Å². The zero-order valence-electron chi connectivity index (χ0n) is 14.6. The number of nitrogens with zero attached hydrogens (tertiary/aromatic N) is 1. The van der Waals surface area contributed by atoms with E-state index in [0.29, 0.717) is 34.5 Å². The first kappa shape index (κ1) is 18.0. The summed E-state index contributed by atoms with van der Waals surface area (Å²) in [5.74, 6) is 0.391. The number of halogens is 1. The molecule has 1 amide bonds. The number of ether oxygens (including phenoxy) is 1. The van der Waals surface area contributed by atoms with Gasteiger partial charge < -0.3 is 10.1 Å². The van der Waals surface area contributed by atoms with Crippen LogP contribution in [0.5, 0.6) is 5.75 Å². The Hall–Kier alpha value is -2.79. The van der Waals surface area contributed by atoms with Gasteiger partial charge in [-0.1, -0.05) is 35.9 Å². The van der Waals surface area contributed by atoms with Gasteiger partial charge in [0.05, 0.1) is 18.2 Å². The number of hydrogen-bond donors (Lipinski definition) is 1. The van der Waals surface area contributed by atoms with Crippen molar-refractivity contribution in [2.75, 3.05) is 13.7 Å². The topological polar surface area (TPSA) is 60.3 Å². The van der Waals surface area contributed by atoms with Gasteiger partial charge in [-0.2, -0.15) is 0 Å². The van der Waals surface area contributed by atoms with Gasteiger partial charge in [0.25, 0.3) is 5.91 Å². The number of amides is 1. The molecule has 5 nitrogen and oxygen atoms in total. The van der Waals surface area contributed by atoms with Crippen molar-refractivity contribution >= 4 is 34.3 Å². The molecule has 0 aliphatic heterocycles. The number of para-hydroxylation sites is 1. The fraction of sp³-hybridized carbons (Fsp3) is 0.200. The van der Waals surface area contributed by atoms with E-state index >= 15 is 0 Å². The van der Waals surface area contributed by atoms with Crippen LogP contribution in [0, 0.1) is 0 Å². The van der Waals surface area contributed by atoms with Gasteiger partial charge in [-0.25, -0.2) is 0 Å². The Balaban J connectivity index is 1.79.